The molecule has 3 aromatic heterocycles. The van der Waals surface area contributed by atoms with Crippen LogP contribution in [-0.2, 0) is 5.54 Å². The first-order valence-electron chi connectivity index (χ1n) is 21.4. The lowest BCUT2D eigenvalue weighted by molar-refractivity contribution is 0.267. The largest absolute Gasteiger partial charge is 0.330 e. The summed E-state index contributed by atoms with van der Waals surface area (Å²) in [7, 11) is 6.13. The molecule has 0 saturated heterocycles. The van der Waals surface area contributed by atoms with Crippen molar-refractivity contribution in [2.45, 2.75) is 63.2 Å². The van der Waals surface area contributed by atoms with E-state index in [-0.39, 0.29) is 29.2 Å². The Morgan fingerprint density at radius 2 is 1.40 bits per heavy atom. The van der Waals surface area contributed by atoms with E-state index >= 15 is 0 Å². The molecule has 0 aliphatic heterocycles. The molecular formula is C54H46BN5. The van der Waals surface area contributed by atoms with Crippen LogP contribution in [0.15, 0.2) is 164 Å². The molecule has 0 amide bonds. The number of rotatable bonds is 7. The Morgan fingerprint density at radius 1 is 0.683 bits per heavy atom. The highest BCUT2D eigenvalue weighted by atomic mass is 15.1. The van der Waals surface area contributed by atoms with Crippen molar-refractivity contribution in [1.82, 2.24) is 24.1 Å². The fourth-order valence-corrected chi connectivity index (χ4v) is 10.6. The molecule has 2 aliphatic rings. The van der Waals surface area contributed by atoms with Gasteiger partial charge in [0.05, 0.1) is 29.9 Å². The van der Waals surface area contributed by atoms with Gasteiger partial charge in [-0.05, 0) is 90.8 Å². The smallest absolute Gasteiger partial charge is 0.163 e. The first-order chi connectivity index (χ1) is 29.4. The zero-order valence-corrected chi connectivity index (χ0v) is 34.3. The van der Waals surface area contributed by atoms with Crippen LogP contribution in [0.1, 0.15) is 79.7 Å². The lowest BCUT2D eigenvalue weighted by Gasteiger charge is -2.44. The molecule has 5 unspecified atom stereocenters. The van der Waals surface area contributed by atoms with Crippen molar-refractivity contribution in [3.05, 3.63) is 192 Å². The number of allylic oxidation sites excluding steroid dienone is 4. The molecular weight excluding hydrogens is 729 g/mol. The van der Waals surface area contributed by atoms with Crippen LogP contribution in [-0.4, -0.2) is 31.9 Å². The van der Waals surface area contributed by atoms with Crippen molar-refractivity contribution < 1.29 is 0 Å². The summed E-state index contributed by atoms with van der Waals surface area (Å²) in [6, 6.07) is 51.1. The second-order valence-corrected chi connectivity index (χ2v) is 17.2. The minimum atomic E-state index is -0.382. The summed E-state index contributed by atoms with van der Waals surface area (Å²) < 4.78 is 5.09. The third kappa shape index (κ3) is 5.72. The van der Waals surface area contributed by atoms with Crippen molar-refractivity contribution in [3.63, 3.8) is 0 Å². The van der Waals surface area contributed by atoms with Crippen LogP contribution in [0.5, 0.6) is 0 Å². The van der Waals surface area contributed by atoms with Crippen LogP contribution in [0.2, 0.25) is 6.32 Å². The summed E-state index contributed by atoms with van der Waals surface area (Å²) in [5.41, 5.74) is 10.5. The third-order valence-electron chi connectivity index (χ3n) is 13.5. The number of hydrogen-bond acceptors (Lipinski definition) is 3. The summed E-state index contributed by atoms with van der Waals surface area (Å²) in [5.74, 6) is 2.89. The summed E-state index contributed by atoms with van der Waals surface area (Å²) in [6.45, 7) is 7.02. The zero-order chi connectivity index (χ0) is 40.5. The summed E-state index contributed by atoms with van der Waals surface area (Å²) >= 11 is 0. The maximum atomic E-state index is 6.13. The van der Waals surface area contributed by atoms with Gasteiger partial charge in [-0.25, -0.2) is 15.0 Å². The van der Waals surface area contributed by atoms with Crippen molar-refractivity contribution in [1.29, 1.82) is 0 Å². The number of aromatic nitrogens is 5. The van der Waals surface area contributed by atoms with Gasteiger partial charge in [-0.2, -0.15) is 0 Å². The van der Waals surface area contributed by atoms with Crippen molar-refractivity contribution >= 4 is 51.5 Å². The van der Waals surface area contributed by atoms with E-state index in [9.17, 15) is 0 Å². The van der Waals surface area contributed by atoms with Crippen molar-refractivity contribution in [2.24, 2.45) is 5.92 Å². The Morgan fingerprint density at radius 3 is 2.20 bits per heavy atom. The standard InChI is InChI=1S/C54H46BN5/c1-34-32-54(3,60-47-28-15-12-24-41(47)44-30-43-40-23-11-14-27-46(40)59(48(43)31-49(44)60)39-21-8-5-9-22-39)45-26-13-10-25-42(45)50(34)53-57-51(36-17-6-4-7-18-36)56-52(58-53)38-20-16-19-37(29-38)35(2)33-55/h4-17,19-31,34-36,50H,18,32-33H2,1-3H3. The van der Waals surface area contributed by atoms with E-state index in [1.54, 1.807) is 0 Å². The van der Waals surface area contributed by atoms with Gasteiger partial charge in [0.15, 0.2) is 5.82 Å². The molecule has 0 saturated carbocycles. The fraction of sp³-hybridized carbons (Fsp3) is 0.204. The van der Waals surface area contributed by atoms with Crippen LogP contribution >= 0.6 is 0 Å². The molecule has 0 N–H and O–H groups in total. The zero-order valence-electron chi connectivity index (χ0n) is 34.3. The molecule has 290 valence electrons. The molecule has 60 heavy (non-hydrogen) atoms. The lowest BCUT2D eigenvalue weighted by Crippen LogP contribution is -2.40. The normalized spacial score (nSPS) is 20.6. The molecule has 6 heteroatoms. The first-order valence-corrected chi connectivity index (χ1v) is 21.4. The quantitative estimate of drug-likeness (QED) is 0.152. The minimum Gasteiger partial charge on any atom is -0.330 e. The first kappa shape index (κ1) is 36.5. The number of fused-ring (bicyclic) bond motifs is 7. The van der Waals surface area contributed by atoms with Gasteiger partial charge >= 0.3 is 0 Å². The van der Waals surface area contributed by atoms with E-state index < -0.39 is 0 Å². The maximum Gasteiger partial charge on any atom is 0.163 e. The monoisotopic (exact) mass is 775 g/mol. The van der Waals surface area contributed by atoms with E-state index in [4.69, 9.17) is 22.8 Å². The lowest BCUT2D eigenvalue weighted by atomic mass is 9.67. The average molecular weight is 776 g/mol. The van der Waals surface area contributed by atoms with E-state index in [1.807, 2.05) is 0 Å². The van der Waals surface area contributed by atoms with Crippen molar-refractivity contribution in [3.8, 4) is 17.1 Å². The molecule has 3 heterocycles. The van der Waals surface area contributed by atoms with Gasteiger partial charge in [0, 0.05) is 50.1 Å². The van der Waals surface area contributed by atoms with E-state index in [0.29, 0.717) is 6.32 Å². The summed E-state index contributed by atoms with van der Waals surface area (Å²) in [6.07, 6.45) is 11.0. The van der Waals surface area contributed by atoms with Gasteiger partial charge in [-0.1, -0.05) is 142 Å². The van der Waals surface area contributed by atoms with Crippen LogP contribution in [0, 0.1) is 5.92 Å². The summed E-state index contributed by atoms with van der Waals surface area (Å²) in [4.78, 5) is 16.0. The molecule has 9 aromatic rings. The molecule has 5 nitrogen and oxygen atoms in total. The second-order valence-electron chi connectivity index (χ2n) is 17.2. The van der Waals surface area contributed by atoms with Gasteiger partial charge in [-0.3, -0.25) is 0 Å². The Bertz CT molecular complexity index is 3170. The third-order valence-corrected chi connectivity index (χ3v) is 13.5. The Hall–Kier alpha value is -6.53. The highest BCUT2D eigenvalue weighted by Gasteiger charge is 2.44. The number of hydrogen-bond donors (Lipinski definition) is 0. The predicted molar refractivity (Wildman–Crippen MR) is 248 cm³/mol. The van der Waals surface area contributed by atoms with E-state index in [0.717, 1.165) is 41.6 Å². The number of nitrogens with zero attached hydrogens (tertiary/aromatic N) is 5. The molecule has 2 aliphatic carbocycles. The molecule has 6 aromatic carbocycles. The minimum absolute atomic E-state index is 0.0237. The molecule has 2 radical (unpaired) electrons. The van der Waals surface area contributed by atoms with Crippen LogP contribution in [0.4, 0.5) is 0 Å². The van der Waals surface area contributed by atoms with E-state index in [2.05, 4.69) is 194 Å². The average Bonchev–Trinajstić information content (AvgIpc) is 3.81. The fourth-order valence-electron chi connectivity index (χ4n) is 10.6. The number of para-hydroxylation sites is 3. The SMILES string of the molecule is [B]CC(C)c1cccc(-c2nc(C3C=CC=CC3)nc(C3c4ccccc4C(C)(n4c5ccccc5c5cc6c7ccccc7n(-c7ccccc7)c6cc54)CC3C)n2)c1. The highest BCUT2D eigenvalue weighted by Crippen LogP contribution is 2.52. The molecule has 0 spiro atoms. The van der Waals surface area contributed by atoms with Crippen LogP contribution in [0.3, 0.4) is 0 Å². The molecule has 5 atom stereocenters. The van der Waals surface area contributed by atoms with Crippen LogP contribution < -0.4 is 0 Å². The predicted octanol–water partition coefficient (Wildman–Crippen LogP) is 13.0. The second kappa shape index (κ2) is 14.3. The van der Waals surface area contributed by atoms with Gasteiger partial charge in [-0.15, -0.1) is 0 Å². The van der Waals surface area contributed by atoms with Gasteiger partial charge in [0.1, 0.15) is 11.6 Å². The number of benzene rings is 6. The summed E-state index contributed by atoms with van der Waals surface area (Å²) in [5, 5.41) is 5.07. The Kier molecular flexibility index (Phi) is 8.73. The highest BCUT2D eigenvalue weighted by molar-refractivity contribution is 6.18. The molecule has 0 fully saturated rings. The van der Waals surface area contributed by atoms with E-state index in [1.165, 1.54) is 60.3 Å². The van der Waals surface area contributed by atoms with Gasteiger partial charge in [0.2, 0.25) is 0 Å². The molecule has 0 bridgehead atoms. The Labute approximate surface area is 352 Å². The maximum absolute atomic E-state index is 6.13. The van der Waals surface area contributed by atoms with Gasteiger partial charge < -0.3 is 9.13 Å². The van der Waals surface area contributed by atoms with Crippen LogP contribution in [0.25, 0.3) is 60.7 Å². The molecule has 11 rings (SSSR count). The Balaban J connectivity index is 1.12. The van der Waals surface area contributed by atoms with Gasteiger partial charge in [0.25, 0.3) is 0 Å². The topological polar surface area (TPSA) is 48.5 Å². The van der Waals surface area contributed by atoms with Crippen molar-refractivity contribution in [2.75, 3.05) is 0 Å².